The number of aromatic amines is 1. The minimum atomic E-state index is -0.609. The number of hydrogen-bond donors (Lipinski definition) is 2. The first-order valence-corrected chi connectivity index (χ1v) is 8.67. The van der Waals surface area contributed by atoms with Gasteiger partial charge in [0.05, 0.1) is 22.2 Å². The van der Waals surface area contributed by atoms with Crippen molar-refractivity contribution in [3.8, 4) is 11.4 Å². The molecule has 0 fully saturated rings. The molecule has 0 aliphatic heterocycles. The number of benzene rings is 2. The maximum absolute atomic E-state index is 12.7. The van der Waals surface area contributed by atoms with E-state index in [1.54, 1.807) is 13.0 Å². The van der Waals surface area contributed by atoms with E-state index in [0.29, 0.717) is 16.9 Å². The Bertz CT molecular complexity index is 1130. The zero-order valence-corrected chi connectivity index (χ0v) is 16.0. The average molecular weight is 431 g/mol. The zero-order chi connectivity index (χ0) is 19.7. The molecule has 0 amide bonds. The van der Waals surface area contributed by atoms with Crippen molar-refractivity contribution >= 4 is 33.5 Å². The van der Waals surface area contributed by atoms with Gasteiger partial charge in [0.1, 0.15) is 11.4 Å². The van der Waals surface area contributed by atoms with Crippen LogP contribution in [0.4, 0.5) is 11.4 Å². The Hall–Kier alpha value is -3.20. The van der Waals surface area contributed by atoms with Crippen LogP contribution >= 0.6 is 15.9 Å². The number of nitrogens with one attached hydrogen (secondary N) is 1. The number of nitro groups is 1. The van der Waals surface area contributed by atoms with Crippen molar-refractivity contribution in [2.75, 3.05) is 0 Å². The quantitative estimate of drug-likeness (QED) is 0.370. The van der Waals surface area contributed by atoms with Crippen molar-refractivity contribution in [2.24, 2.45) is 4.99 Å². The third kappa shape index (κ3) is 3.68. The number of aromatic nitrogens is 2. The summed E-state index contributed by atoms with van der Waals surface area (Å²) in [5.74, 6) is -0.336. The van der Waals surface area contributed by atoms with Crippen molar-refractivity contribution < 1.29 is 10.0 Å². The van der Waals surface area contributed by atoms with E-state index in [1.807, 2.05) is 19.1 Å². The summed E-state index contributed by atoms with van der Waals surface area (Å²) in [7, 11) is 0. The summed E-state index contributed by atoms with van der Waals surface area (Å²) in [5, 5.41) is 23.6. The lowest BCUT2D eigenvalue weighted by atomic mass is 10.2. The van der Waals surface area contributed by atoms with E-state index in [2.05, 4.69) is 26.0 Å². The molecule has 0 bridgehead atoms. The van der Waals surface area contributed by atoms with E-state index in [9.17, 15) is 20.0 Å². The minimum Gasteiger partial charge on any atom is -0.505 e. The monoisotopic (exact) mass is 430 g/mol. The molecule has 2 aromatic carbocycles. The van der Waals surface area contributed by atoms with E-state index < -0.39 is 4.92 Å². The molecule has 27 heavy (non-hydrogen) atoms. The highest BCUT2D eigenvalue weighted by molar-refractivity contribution is 9.10. The highest BCUT2D eigenvalue weighted by Crippen LogP contribution is 2.30. The summed E-state index contributed by atoms with van der Waals surface area (Å²) in [6.45, 7) is 3.66. The summed E-state index contributed by atoms with van der Waals surface area (Å²) in [4.78, 5) is 26.9. The van der Waals surface area contributed by atoms with Crippen molar-refractivity contribution in [3.05, 3.63) is 78.2 Å². The molecular formula is C18H15BrN4O4. The fourth-order valence-corrected chi connectivity index (χ4v) is 2.78. The van der Waals surface area contributed by atoms with Crippen LogP contribution in [0.15, 0.2) is 50.7 Å². The molecule has 1 aromatic heterocycles. The van der Waals surface area contributed by atoms with Gasteiger partial charge in [0.15, 0.2) is 0 Å². The van der Waals surface area contributed by atoms with Crippen LogP contribution in [0, 0.1) is 24.0 Å². The molecule has 3 rings (SSSR count). The second-order valence-corrected chi connectivity index (χ2v) is 6.77. The van der Waals surface area contributed by atoms with Crippen LogP contribution in [0.1, 0.15) is 16.8 Å². The molecule has 0 atom stereocenters. The number of nitrogens with zero attached hydrogens (tertiary/aromatic N) is 3. The number of phenols is 1. The number of aromatic hydroxyl groups is 1. The summed E-state index contributed by atoms with van der Waals surface area (Å²) in [6.07, 6.45) is 1.33. The lowest BCUT2D eigenvalue weighted by molar-refractivity contribution is -0.384. The smallest absolute Gasteiger partial charge is 0.280 e. The second kappa shape index (κ2) is 7.20. The van der Waals surface area contributed by atoms with Crippen molar-refractivity contribution in [3.63, 3.8) is 0 Å². The molecule has 8 nitrogen and oxygen atoms in total. The van der Waals surface area contributed by atoms with E-state index in [1.165, 1.54) is 23.0 Å². The number of nitro benzene ring substituents is 1. The van der Waals surface area contributed by atoms with E-state index in [0.717, 1.165) is 16.1 Å². The van der Waals surface area contributed by atoms with Gasteiger partial charge in [0, 0.05) is 22.4 Å². The number of phenolic OH excluding ortho intramolecular Hbond substituents is 1. The predicted molar refractivity (Wildman–Crippen MR) is 106 cm³/mol. The van der Waals surface area contributed by atoms with Gasteiger partial charge in [-0.1, -0.05) is 15.9 Å². The highest BCUT2D eigenvalue weighted by Gasteiger charge is 2.13. The zero-order valence-electron chi connectivity index (χ0n) is 14.4. The van der Waals surface area contributed by atoms with Crippen LogP contribution in [0.3, 0.4) is 0 Å². The van der Waals surface area contributed by atoms with Crippen LogP contribution in [-0.4, -0.2) is 26.0 Å². The minimum absolute atomic E-state index is 0.131. The molecule has 3 aromatic rings. The van der Waals surface area contributed by atoms with Gasteiger partial charge in [-0.3, -0.25) is 25.0 Å². The van der Waals surface area contributed by atoms with Gasteiger partial charge in [0.25, 0.3) is 11.2 Å². The summed E-state index contributed by atoms with van der Waals surface area (Å²) >= 11 is 3.43. The number of halogens is 1. The lowest BCUT2D eigenvalue weighted by Crippen LogP contribution is -2.17. The molecule has 138 valence electrons. The maximum Gasteiger partial charge on any atom is 0.280 e. The Labute approximate surface area is 162 Å². The molecule has 0 unspecified atom stereocenters. The Morgan fingerprint density at radius 2 is 2.00 bits per heavy atom. The molecule has 0 saturated heterocycles. The van der Waals surface area contributed by atoms with Crippen molar-refractivity contribution in [1.82, 2.24) is 9.78 Å². The molecule has 1 heterocycles. The van der Waals surface area contributed by atoms with Gasteiger partial charge in [-0.15, -0.1) is 0 Å². The van der Waals surface area contributed by atoms with Crippen LogP contribution in [0.25, 0.3) is 5.69 Å². The summed E-state index contributed by atoms with van der Waals surface area (Å²) < 4.78 is 2.35. The maximum atomic E-state index is 12.7. The number of H-pyrrole nitrogens is 1. The van der Waals surface area contributed by atoms with Crippen LogP contribution < -0.4 is 5.56 Å². The molecule has 2 N–H and O–H groups in total. The molecule has 0 aliphatic rings. The first kappa shape index (κ1) is 18.6. The van der Waals surface area contributed by atoms with E-state index in [-0.39, 0.29) is 22.7 Å². The van der Waals surface area contributed by atoms with E-state index >= 15 is 0 Å². The topological polar surface area (TPSA) is 114 Å². The Kier molecular flexibility index (Phi) is 4.95. The van der Waals surface area contributed by atoms with Gasteiger partial charge in [-0.2, -0.15) is 0 Å². The number of rotatable bonds is 4. The Morgan fingerprint density at radius 3 is 2.63 bits per heavy atom. The van der Waals surface area contributed by atoms with Crippen molar-refractivity contribution in [1.29, 1.82) is 0 Å². The van der Waals surface area contributed by atoms with Gasteiger partial charge in [0.2, 0.25) is 0 Å². The van der Waals surface area contributed by atoms with Gasteiger partial charge >= 0.3 is 0 Å². The average Bonchev–Trinajstić information content (AvgIpc) is 2.90. The molecule has 0 radical (unpaired) electrons. The molecule has 0 aliphatic carbocycles. The largest absolute Gasteiger partial charge is 0.505 e. The summed E-state index contributed by atoms with van der Waals surface area (Å²) in [5.41, 5.74) is 2.20. The Balaban J connectivity index is 1.98. The second-order valence-electron chi connectivity index (χ2n) is 5.91. The van der Waals surface area contributed by atoms with E-state index in [4.69, 9.17) is 0 Å². The number of aliphatic imine (C=N–C) groups is 1. The predicted octanol–water partition coefficient (Wildman–Crippen LogP) is 3.91. The summed E-state index contributed by atoms with van der Waals surface area (Å²) in [6, 6.07) is 9.10. The number of hydrogen-bond acceptors (Lipinski definition) is 5. The standard InChI is InChI=1S/C18H15BrN4O4/c1-10-7-12(3-5-15(10)19)22-18(25)14(11(2)21-22)9-20-16-6-4-13(23(26)27)8-17(16)24/h3-9,21,24H,1-2H3. The van der Waals surface area contributed by atoms with Gasteiger partial charge in [-0.05, 0) is 43.7 Å². The SMILES string of the molecule is Cc1cc(-n2[nH]c(C)c(C=Nc3ccc([N+](=O)[O-])cc3O)c2=O)ccc1Br. The third-order valence-corrected chi connectivity index (χ3v) is 4.91. The van der Waals surface area contributed by atoms with Crippen LogP contribution in [0.2, 0.25) is 0 Å². The highest BCUT2D eigenvalue weighted by atomic mass is 79.9. The molecular weight excluding hydrogens is 416 g/mol. The van der Waals surface area contributed by atoms with Crippen molar-refractivity contribution in [2.45, 2.75) is 13.8 Å². The first-order valence-electron chi connectivity index (χ1n) is 7.87. The van der Waals surface area contributed by atoms with Gasteiger partial charge in [-0.25, -0.2) is 4.68 Å². The Morgan fingerprint density at radius 1 is 1.26 bits per heavy atom. The molecule has 9 heteroatoms. The van der Waals surface area contributed by atoms with Crippen LogP contribution in [0.5, 0.6) is 5.75 Å². The van der Waals surface area contributed by atoms with Gasteiger partial charge < -0.3 is 5.11 Å². The first-order chi connectivity index (χ1) is 12.8. The number of aryl methyl sites for hydroxylation is 2. The molecule has 0 saturated carbocycles. The normalized spacial score (nSPS) is 11.2. The number of non-ortho nitro benzene ring substituents is 1. The molecule has 0 spiro atoms. The fraction of sp³-hybridized carbons (Fsp3) is 0.111. The lowest BCUT2D eigenvalue weighted by Gasteiger charge is -2.04. The third-order valence-electron chi connectivity index (χ3n) is 4.02. The fourth-order valence-electron chi connectivity index (χ4n) is 2.53. The van der Waals surface area contributed by atoms with Crippen LogP contribution in [-0.2, 0) is 0 Å².